The number of amides is 1. The zero-order valence-corrected chi connectivity index (χ0v) is 15.8. The second kappa shape index (κ2) is 8.22. The third-order valence-corrected chi connectivity index (χ3v) is 4.44. The van der Waals surface area contributed by atoms with Crippen LogP contribution in [0.3, 0.4) is 0 Å². The molecular formula is C17H12ClF4N5O3. The number of nitro benzene ring substituents is 1. The largest absolute Gasteiger partial charge is 0.323 e. The Labute approximate surface area is 170 Å². The molecule has 0 saturated carbocycles. The molecule has 8 nitrogen and oxygen atoms in total. The summed E-state index contributed by atoms with van der Waals surface area (Å²) in [4.78, 5) is 26.2. The van der Waals surface area contributed by atoms with Crippen LogP contribution in [-0.2, 0) is 11.3 Å². The van der Waals surface area contributed by atoms with Gasteiger partial charge in [-0.1, -0.05) is 11.6 Å². The number of nitro groups is 1. The fourth-order valence-corrected chi connectivity index (χ4v) is 3.01. The standard InChI is InChI=1S/C17H12ClF4N5O3/c1-7-14-9(15(19)20)5-12(16(21)22)24-17(14)26(25-7)6-13(28)23-11-4-8(27(29)30)2-3-10(11)18/h2-5,15-16H,6H2,1H3,(H,23,28). The van der Waals surface area contributed by atoms with Crippen LogP contribution in [0.25, 0.3) is 11.0 Å². The number of nitrogens with one attached hydrogen (secondary N) is 1. The molecule has 3 aromatic rings. The van der Waals surface area contributed by atoms with Gasteiger partial charge in [-0.05, 0) is 19.1 Å². The smallest absolute Gasteiger partial charge is 0.280 e. The molecule has 0 atom stereocenters. The summed E-state index contributed by atoms with van der Waals surface area (Å²) < 4.78 is 53.8. The van der Waals surface area contributed by atoms with Crippen molar-refractivity contribution in [3.05, 3.63) is 56.4 Å². The monoisotopic (exact) mass is 445 g/mol. The third kappa shape index (κ3) is 4.17. The van der Waals surface area contributed by atoms with Crippen LogP contribution in [0.2, 0.25) is 5.02 Å². The third-order valence-electron chi connectivity index (χ3n) is 4.11. The Morgan fingerprint density at radius 1 is 1.27 bits per heavy atom. The molecule has 1 aromatic carbocycles. The highest BCUT2D eigenvalue weighted by molar-refractivity contribution is 6.33. The van der Waals surface area contributed by atoms with Crippen LogP contribution in [0.4, 0.5) is 28.9 Å². The maximum absolute atomic E-state index is 13.4. The highest BCUT2D eigenvalue weighted by atomic mass is 35.5. The molecule has 2 aromatic heterocycles. The minimum absolute atomic E-state index is 0.0218. The number of nitrogens with zero attached hydrogens (tertiary/aromatic N) is 4. The number of anilines is 1. The molecule has 0 spiro atoms. The van der Waals surface area contributed by atoms with Crippen LogP contribution in [0.5, 0.6) is 0 Å². The van der Waals surface area contributed by atoms with E-state index in [0.717, 1.165) is 16.8 Å². The Kier molecular flexibility index (Phi) is 5.87. The van der Waals surface area contributed by atoms with Crippen molar-refractivity contribution in [2.45, 2.75) is 26.3 Å². The maximum atomic E-state index is 13.4. The molecule has 2 heterocycles. The Morgan fingerprint density at radius 3 is 2.57 bits per heavy atom. The quantitative estimate of drug-likeness (QED) is 0.333. The van der Waals surface area contributed by atoms with Crippen molar-refractivity contribution < 1.29 is 27.3 Å². The van der Waals surface area contributed by atoms with Gasteiger partial charge in [0.1, 0.15) is 12.2 Å². The van der Waals surface area contributed by atoms with E-state index < -0.39 is 41.5 Å². The lowest BCUT2D eigenvalue weighted by molar-refractivity contribution is -0.384. The van der Waals surface area contributed by atoms with E-state index in [0.29, 0.717) is 6.07 Å². The minimum Gasteiger partial charge on any atom is -0.323 e. The zero-order valence-electron chi connectivity index (χ0n) is 15.1. The topological polar surface area (TPSA) is 103 Å². The Morgan fingerprint density at radius 2 is 1.97 bits per heavy atom. The minimum atomic E-state index is -3.10. The van der Waals surface area contributed by atoms with E-state index in [-0.39, 0.29) is 33.1 Å². The number of carbonyl (C=O) groups is 1. The first-order valence-electron chi connectivity index (χ1n) is 8.26. The molecule has 3 rings (SSSR count). The number of aryl methyl sites for hydroxylation is 1. The predicted molar refractivity (Wildman–Crippen MR) is 98.9 cm³/mol. The summed E-state index contributed by atoms with van der Waals surface area (Å²) in [6, 6.07) is 4.01. The fraction of sp³-hybridized carbons (Fsp3) is 0.235. The van der Waals surface area contributed by atoms with Crippen molar-refractivity contribution in [2.24, 2.45) is 0 Å². The summed E-state index contributed by atoms with van der Waals surface area (Å²) in [6.45, 7) is 0.801. The molecule has 1 amide bonds. The van der Waals surface area contributed by atoms with Gasteiger partial charge in [-0.3, -0.25) is 14.9 Å². The van der Waals surface area contributed by atoms with E-state index in [1.807, 2.05) is 0 Å². The number of rotatable bonds is 6. The number of halogens is 5. The molecular weight excluding hydrogens is 434 g/mol. The van der Waals surface area contributed by atoms with Gasteiger partial charge >= 0.3 is 0 Å². The summed E-state index contributed by atoms with van der Waals surface area (Å²) >= 11 is 5.92. The van der Waals surface area contributed by atoms with Gasteiger partial charge in [-0.2, -0.15) is 5.10 Å². The summed E-state index contributed by atoms with van der Waals surface area (Å²) in [5, 5.41) is 17.1. The van der Waals surface area contributed by atoms with E-state index in [1.54, 1.807) is 0 Å². The highest BCUT2D eigenvalue weighted by Crippen LogP contribution is 2.33. The first kappa shape index (κ1) is 21.4. The van der Waals surface area contributed by atoms with E-state index in [9.17, 15) is 32.5 Å². The number of pyridine rings is 1. The molecule has 0 saturated heterocycles. The van der Waals surface area contributed by atoms with Gasteiger partial charge in [-0.25, -0.2) is 27.2 Å². The van der Waals surface area contributed by atoms with Crippen LogP contribution in [-0.4, -0.2) is 25.6 Å². The lowest BCUT2D eigenvalue weighted by atomic mass is 10.1. The second-order valence-corrected chi connectivity index (χ2v) is 6.56. The Balaban J connectivity index is 1.97. The molecule has 0 aliphatic carbocycles. The molecule has 1 N–H and O–H groups in total. The number of hydrogen-bond donors (Lipinski definition) is 1. The van der Waals surface area contributed by atoms with Gasteiger partial charge < -0.3 is 5.32 Å². The molecule has 0 aliphatic rings. The molecule has 0 radical (unpaired) electrons. The lowest BCUT2D eigenvalue weighted by Gasteiger charge is -2.09. The van der Waals surface area contributed by atoms with Gasteiger partial charge in [0.05, 0.1) is 26.7 Å². The number of carbonyl (C=O) groups excluding carboxylic acids is 1. The zero-order chi connectivity index (χ0) is 22.2. The van der Waals surface area contributed by atoms with Crippen LogP contribution in [0.1, 0.15) is 29.8 Å². The van der Waals surface area contributed by atoms with Gasteiger partial charge in [0, 0.05) is 17.7 Å². The second-order valence-electron chi connectivity index (χ2n) is 6.15. The van der Waals surface area contributed by atoms with Crippen LogP contribution >= 0.6 is 11.6 Å². The lowest BCUT2D eigenvalue weighted by Crippen LogP contribution is -2.20. The molecule has 30 heavy (non-hydrogen) atoms. The number of benzene rings is 1. The van der Waals surface area contributed by atoms with Gasteiger partial charge in [-0.15, -0.1) is 0 Å². The number of fused-ring (bicyclic) bond motifs is 1. The van der Waals surface area contributed by atoms with E-state index in [1.165, 1.54) is 13.0 Å². The number of non-ortho nitro benzene ring substituents is 1. The summed E-state index contributed by atoms with van der Waals surface area (Å²) in [5.74, 6) is -0.773. The van der Waals surface area contributed by atoms with Gasteiger partial charge in [0.15, 0.2) is 5.65 Å². The van der Waals surface area contributed by atoms with E-state index >= 15 is 0 Å². The van der Waals surface area contributed by atoms with Crippen molar-refractivity contribution in [3.63, 3.8) is 0 Å². The van der Waals surface area contributed by atoms with Crippen molar-refractivity contribution in [3.8, 4) is 0 Å². The average molecular weight is 446 g/mol. The first-order valence-corrected chi connectivity index (χ1v) is 8.64. The van der Waals surface area contributed by atoms with Crippen LogP contribution < -0.4 is 5.32 Å². The van der Waals surface area contributed by atoms with Crippen LogP contribution in [0.15, 0.2) is 24.3 Å². The Hall–Kier alpha value is -3.28. The molecule has 0 unspecified atom stereocenters. The van der Waals surface area contributed by atoms with Gasteiger partial charge in [0.25, 0.3) is 18.5 Å². The summed E-state index contributed by atoms with van der Waals surface area (Å²) in [5.41, 5.74) is -2.14. The highest BCUT2D eigenvalue weighted by Gasteiger charge is 2.24. The molecule has 13 heteroatoms. The summed E-state index contributed by atoms with van der Waals surface area (Å²) in [6.07, 6.45) is -6.16. The molecule has 0 fully saturated rings. The normalized spacial score (nSPS) is 11.5. The van der Waals surface area contributed by atoms with Gasteiger partial charge in [0.2, 0.25) is 5.91 Å². The number of alkyl halides is 4. The average Bonchev–Trinajstić information content (AvgIpc) is 2.97. The number of hydrogen-bond acceptors (Lipinski definition) is 5. The fourth-order valence-electron chi connectivity index (χ4n) is 2.85. The Bertz CT molecular complexity index is 1150. The molecule has 0 bridgehead atoms. The van der Waals surface area contributed by atoms with Crippen molar-refractivity contribution >= 4 is 39.9 Å². The maximum Gasteiger partial charge on any atom is 0.280 e. The van der Waals surface area contributed by atoms with E-state index in [4.69, 9.17) is 11.6 Å². The molecule has 158 valence electrons. The first-order chi connectivity index (χ1) is 14.1. The number of aromatic nitrogens is 3. The SMILES string of the molecule is Cc1nn(CC(=O)Nc2cc([N+](=O)[O-])ccc2Cl)c2nc(C(F)F)cc(C(F)F)c12. The summed E-state index contributed by atoms with van der Waals surface area (Å²) in [7, 11) is 0. The van der Waals surface area contributed by atoms with Crippen LogP contribution in [0, 0.1) is 17.0 Å². The predicted octanol–water partition coefficient (Wildman–Crippen LogP) is 4.82. The molecule has 0 aliphatic heterocycles. The van der Waals surface area contributed by atoms with Crippen molar-refractivity contribution in [2.75, 3.05) is 5.32 Å². The van der Waals surface area contributed by atoms with E-state index in [2.05, 4.69) is 15.4 Å². The van der Waals surface area contributed by atoms with Crippen molar-refractivity contribution in [1.29, 1.82) is 0 Å². The van der Waals surface area contributed by atoms with Crippen molar-refractivity contribution in [1.82, 2.24) is 14.8 Å².